The first-order chi connectivity index (χ1) is 9.85. The van der Waals surface area contributed by atoms with E-state index in [1.54, 1.807) is 0 Å². The van der Waals surface area contributed by atoms with Gasteiger partial charge in [-0.15, -0.1) is 0 Å². The van der Waals surface area contributed by atoms with Crippen LogP contribution in [0.2, 0.25) is 0 Å². The Bertz CT molecular complexity index is 382. The molecule has 2 heterocycles. The van der Waals surface area contributed by atoms with Crippen molar-refractivity contribution < 1.29 is 19.1 Å². The topological polar surface area (TPSA) is 67.9 Å². The first-order valence-electron chi connectivity index (χ1n) is 7.68. The Morgan fingerprint density at radius 1 is 1.33 bits per heavy atom. The Kier molecular flexibility index (Phi) is 5.22. The van der Waals surface area contributed by atoms with E-state index in [1.165, 1.54) is 0 Å². The number of ketones is 1. The molecular weight excluding hydrogens is 272 g/mol. The quantitative estimate of drug-likeness (QED) is 0.833. The molecule has 2 fully saturated rings. The second kappa shape index (κ2) is 6.75. The Morgan fingerprint density at radius 3 is 2.62 bits per heavy atom. The molecule has 120 valence electrons. The Morgan fingerprint density at radius 2 is 2.00 bits per heavy atom. The Hall–Kier alpha value is -1.14. The van der Waals surface area contributed by atoms with Gasteiger partial charge in [0.2, 0.25) is 0 Å². The summed E-state index contributed by atoms with van der Waals surface area (Å²) in [6, 6.07) is 0.140. The molecule has 2 rings (SSSR count). The van der Waals surface area contributed by atoms with Gasteiger partial charge in [-0.1, -0.05) is 0 Å². The van der Waals surface area contributed by atoms with Gasteiger partial charge in [0.15, 0.2) is 0 Å². The van der Waals surface area contributed by atoms with Crippen molar-refractivity contribution in [1.29, 1.82) is 0 Å². The van der Waals surface area contributed by atoms with Crippen LogP contribution in [-0.2, 0) is 14.3 Å². The molecule has 1 N–H and O–H groups in total. The van der Waals surface area contributed by atoms with Gasteiger partial charge in [0, 0.05) is 38.6 Å². The molecule has 0 aromatic heterocycles. The van der Waals surface area contributed by atoms with E-state index in [-0.39, 0.29) is 12.1 Å². The number of nitrogens with zero attached hydrogens (tertiary/aromatic N) is 1. The molecule has 0 radical (unpaired) electrons. The fourth-order valence-electron chi connectivity index (χ4n) is 2.87. The van der Waals surface area contributed by atoms with Crippen molar-refractivity contribution >= 4 is 11.9 Å². The maximum absolute atomic E-state index is 11.9. The van der Waals surface area contributed by atoms with Crippen LogP contribution < -0.4 is 5.32 Å². The summed E-state index contributed by atoms with van der Waals surface area (Å²) in [5.74, 6) is 0.329. The fourth-order valence-corrected chi connectivity index (χ4v) is 2.87. The van der Waals surface area contributed by atoms with Crippen LogP contribution in [0.4, 0.5) is 4.79 Å². The van der Waals surface area contributed by atoms with Crippen molar-refractivity contribution in [2.45, 2.75) is 57.7 Å². The van der Waals surface area contributed by atoms with E-state index >= 15 is 0 Å². The second-order valence-electron chi connectivity index (χ2n) is 6.76. The number of hydrogen-bond acceptors (Lipinski definition) is 5. The standard InChI is InChI=1S/C15H26N2O4/c1-15(2,3)21-14(19)16-12-10-20-9-6-13(12)17-7-4-11(18)5-8-17/h12-13H,4-10H2,1-3H3,(H,16,19)/t12-,13+/m0/s1. The maximum Gasteiger partial charge on any atom is 0.408 e. The molecule has 6 nitrogen and oxygen atoms in total. The van der Waals surface area contributed by atoms with E-state index in [4.69, 9.17) is 9.47 Å². The van der Waals surface area contributed by atoms with Crippen LogP contribution in [0, 0.1) is 0 Å². The van der Waals surface area contributed by atoms with E-state index in [9.17, 15) is 9.59 Å². The average Bonchev–Trinajstić information content (AvgIpc) is 2.38. The molecule has 0 unspecified atom stereocenters. The monoisotopic (exact) mass is 298 g/mol. The van der Waals surface area contributed by atoms with Crippen LogP contribution in [0.5, 0.6) is 0 Å². The molecule has 0 aromatic rings. The van der Waals surface area contributed by atoms with Crippen molar-refractivity contribution in [3.8, 4) is 0 Å². The first-order valence-corrected chi connectivity index (χ1v) is 7.68. The average molecular weight is 298 g/mol. The number of rotatable bonds is 2. The summed E-state index contributed by atoms with van der Waals surface area (Å²) in [7, 11) is 0. The van der Waals surface area contributed by atoms with Crippen LogP contribution in [0.3, 0.4) is 0 Å². The molecule has 2 aliphatic heterocycles. The molecule has 0 saturated carbocycles. The number of carbonyl (C=O) groups is 2. The van der Waals surface area contributed by atoms with Crippen molar-refractivity contribution in [2.75, 3.05) is 26.3 Å². The third-order valence-corrected chi connectivity index (χ3v) is 3.85. The van der Waals surface area contributed by atoms with E-state index in [0.29, 0.717) is 31.8 Å². The molecule has 6 heteroatoms. The second-order valence-corrected chi connectivity index (χ2v) is 6.76. The lowest BCUT2D eigenvalue weighted by Crippen LogP contribution is -2.58. The fraction of sp³-hybridized carbons (Fsp3) is 0.867. The number of carbonyl (C=O) groups excluding carboxylic acids is 2. The Labute approximate surface area is 126 Å². The summed E-state index contributed by atoms with van der Waals surface area (Å²) >= 11 is 0. The van der Waals surface area contributed by atoms with Gasteiger partial charge in [-0.2, -0.15) is 0 Å². The zero-order valence-corrected chi connectivity index (χ0v) is 13.2. The number of piperidine rings is 1. The molecule has 2 saturated heterocycles. The van der Waals surface area contributed by atoms with Gasteiger partial charge in [0.05, 0.1) is 12.6 Å². The molecule has 2 aliphatic rings. The summed E-state index contributed by atoms with van der Waals surface area (Å²) in [6.07, 6.45) is 1.68. The molecule has 1 amide bonds. The van der Waals surface area contributed by atoms with Crippen LogP contribution in [0.15, 0.2) is 0 Å². The zero-order chi connectivity index (χ0) is 15.5. The van der Waals surface area contributed by atoms with Gasteiger partial charge in [0.1, 0.15) is 11.4 Å². The number of ether oxygens (including phenoxy) is 2. The Balaban J connectivity index is 1.92. The highest BCUT2D eigenvalue weighted by Crippen LogP contribution is 2.19. The van der Waals surface area contributed by atoms with Gasteiger partial charge >= 0.3 is 6.09 Å². The summed E-state index contributed by atoms with van der Waals surface area (Å²) in [5.41, 5.74) is -0.507. The largest absolute Gasteiger partial charge is 0.444 e. The van der Waals surface area contributed by atoms with E-state index in [2.05, 4.69) is 10.2 Å². The van der Waals surface area contributed by atoms with Crippen LogP contribution in [-0.4, -0.2) is 60.8 Å². The van der Waals surface area contributed by atoms with Crippen molar-refractivity contribution in [3.63, 3.8) is 0 Å². The molecule has 0 spiro atoms. The molecular formula is C15H26N2O4. The zero-order valence-electron chi connectivity index (χ0n) is 13.2. The van der Waals surface area contributed by atoms with Crippen molar-refractivity contribution in [2.24, 2.45) is 0 Å². The predicted molar refractivity (Wildman–Crippen MR) is 78.2 cm³/mol. The molecule has 0 aliphatic carbocycles. The highest BCUT2D eigenvalue weighted by molar-refractivity contribution is 5.79. The van der Waals surface area contributed by atoms with E-state index in [1.807, 2.05) is 20.8 Å². The number of nitrogens with one attached hydrogen (secondary N) is 1. The lowest BCUT2D eigenvalue weighted by molar-refractivity contribution is -0.122. The summed E-state index contributed by atoms with van der Waals surface area (Å²) in [5, 5.41) is 2.92. The van der Waals surface area contributed by atoms with E-state index in [0.717, 1.165) is 19.5 Å². The van der Waals surface area contributed by atoms with Gasteiger partial charge in [-0.25, -0.2) is 4.79 Å². The minimum absolute atomic E-state index is 0.0817. The molecule has 2 atom stereocenters. The summed E-state index contributed by atoms with van der Waals surface area (Å²) < 4.78 is 10.8. The SMILES string of the molecule is CC(C)(C)OC(=O)N[C@H]1COCC[C@H]1N1CCC(=O)CC1. The number of hydrogen-bond donors (Lipinski definition) is 1. The summed E-state index contributed by atoms with van der Waals surface area (Å²) in [6.45, 7) is 8.27. The predicted octanol–water partition coefficient (Wildman–Crippen LogP) is 1.33. The van der Waals surface area contributed by atoms with E-state index < -0.39 is 11.7 Å². The number of Topliss-reactive ketones (excluding diaryl/α,β-unsaturated/α-hetero) is 1. The third kappa shape index (κ3) is 4.97. The maximum atomic E-state index is 11.9. The highest BCUT2D eigenvalue weighted by atomic mass is 16.6. The van der Waals surface area contributed by atoms with Gasteiger partial charge in [-0.05, 0) is 27.2 Å². The van der Waals surface area contributed by atoms with Crippen LogP contribution in [0.1, 0.15) is 40.0 Å². The number of alkyl carbamates (subject to hydrolysis) is 1. The van der Waals surface area contributed by atoms with Gasteiger partial charge in [-0.3, -0.25) is 9.69 Å². The summed E-state index contributed by atoms with van der Waals surface area (Å²) in [4.78, 5) is 25.6. The highest BCUT2D eigenvalue weighted by Gasteiger charge is 2.34. The van der Waals surface area contributed by atoms with Crippen molar-refractivity contribution in [3.05, 3.63) is 0 Å². The minimum atomic E-state index is -0.507. The number of likely N-dealkylation sites (tertiary alicyclic amines) is 1. The minimum Gasteiger partial charge on any atom is -0.444 e. The first kappa shape index (κ1) is 16.2. The smallest absolute Gasteiger partial charge is 0.408 e. The van der Waals surface area contributed by atoms with Crippen LogP contribution >= 0.6 is 0 Å². The molecule has 0 bridgehead atoms. The van der Waals surface area contributed by atoms with Gasteiger partial charge in [0.25, 0.3) is 0 Å². The lowest BCUT2D eigenvalue weighted by Gasteiger charge is -2.41. The third-order valence-electron chi connectivity index (χ3n) is 3.85. The van der Waals surface area contributed by atoms with Crippen LogP contribution in [0.25, 0.3) is 0 Å². The van der Waals surface area contributed by atoms with Crippen molar-refractivity contribution in [1.82, 2.24) is 10.2 Å². The molecule has 0 aromatic carbocycles. The van der Waals surface area contributed by atoms with Gasteiger partial charge < -0.3 is 14.8 Å². The molecule has 21 heavy (non-hydrogen) atoms. The number of amides is 1. The lowest BCUT2D eigenvalue weighted by atomic mass is 9.98. The normalized spacial score (nSPS) is 28.2.